The minimum absolute atomic E-state index is 0.206. The molecule has 0 fully saturated rings. The van der Waals surface area contributed by atoms with E-state index in [0.717, 1.165) is 69.7 Å². The molecule has 0 saturated carbocycles. The fraction of sp³-hybridized carbons (Fsp3) is 0.217. The molecule has 0 nitrogen and oxygen atoms in total. The summed E-state index contributed by atoms with van der Waals surface area (Å²) < 4.78 is 79.9. The average molecular weight is 668 g/mol. The molecule has 0 aromatic heterocycles. The van der Waals surface area contributed by atoms with Crippen molar-refractivity contribution >= 4 is 23.5 Å². The van der Waals surface area contributed by atoms with E-state index in [1.54, 1.807) is 18.7 Å². The molecule has 2 atom stereocenters. The van der Waals surface area contributed by atoms with Gasteiger partial charge in [-0.3, -0.25) is 0 Å². The number of benzene rings is 6. The zero-order valence-corrected chi connectivity index (χ0v) is 29.3. The first-order valence-corrected chi connectivity index (χ1v) is 17.9. The highest BCUT2D eigenvalue weighted by atomic mass is 32.2. The van der Waals surface area contributed by atoms with Crippen molar-refractivity contribution in [3.8, 4) is 33.4 Å². The maximum Gasteiger partial charge on any atom is 0.0280 e. The van der Waals surface area contributed by atoms with Gasteiger partial charge in [0, 0.05) is 42.7 Å². The summed E-state index contributed by atoms with van der Waals surface area (Å²) in [6, 6.07) is 34.7. The lowest BCUT2D eigenvalue weighted by molar-refractivity contribution is 0.608. The molecule has 2 unspecified atom stereocenters. The highest BCUT2D eigenvalue weighted by Gasteiger charge is 2.36. The first-order valence-electron chi connectivity index (χ1n) is 20.8. The third kappa shape index (κ3) is 4.60. The van der Waals surface area contributed by atoms with E-state index in [4.69, 9.17) is 12.3 Å². The quantitative estimate of drug-likeness (QED) is 0.184. The summed E-state index contributed by atoms with van der Waals surface area (Å²) in [4.78, 5) is 3.36. The van der Waals surface area contributed by atoms with E-state index in [2.05, 4.69) is 0 Å². The Kier molecular flexibility index (Phi) is 5.32. The smallest absolute Gasteiger partial charge is 0.0280 e. The molecule has 0 spiro atoms. The zero-order valence-electron chi connectivity index (χ0n) is 36.7. The summed E-state index contributed by atoms with van der Waals surface area (Å²) in [6.45, 7) is 2.30. The Labute approximate surface area is 307 Å². The molecule has 8 rings (SSSR count). The fourth-order valence-electron chi connectivity index (χ4n) is 7.75. The molecule has 0 saturated heterocycles. The van der Waals surface area contributed by atoms with Gasteiger partial charge in [-0.25, -0.2) is 0 Å². The minimum atomic E-state index is -2.55. The van der Waals surface area contributed by atoms with Gasteiger partial charge < -0.3 is 0 Å². The van der Waals surface area contributed by atoms with E-state index in [9.17, 15) is 0 Å². The van der Waals surface area contributed by atoms with Crippen molar-refractivity contribution < 1.29 is 12.3 Å². The maximum absolute atomic E-state index is 9.09. The Morgan fingerprint density at radius 3 is 1.38 bits per heavy atom. The van der Waals surface area contributed by atoms with Gasteiger partial charge in [-0.05, 0) is 118 Å². The lowest BCUT2D eigenvalue weighted by Crippen LogP contribution is -2.24. The molecule has 2 heterocycles. The van der Waals surface area contributed by atoms with Crippen molar-refractivity contribution in [2.24, 2.45) is 0 Å². The second kappa shape index (κ2) is 11.3. The Bertz CT molecular complexity index is 2620. The molecule has 2 aliphatic heterocycles. The highest BCUT2D eigenvalue weighted by molar-refractivity contribution is 8.00. The standard InChI is InChI=1S/C46H42S2/c1-27-23-25-31(29(3)41(27)33-15-13-19-37-43(33)47-39-21-11-9-17-35(39)45(37,5)6)32-26-24-28(2)42(30(32)4)34-16-14-20-38-44(34)48-40-22-12-10-18-36(40)46(38,7)8/h9-26H,1-8H3/i3D3,5D3,7D3. The van der Waals surface area contributed by atoms with Gasteiger partial charge in [-0.2, -0.15) is 0 Å². The van der Waals surface area contributed by atoms with Crippen LogP contribution in [0.15, 0.2) is 129 Å². The highest BCUT2D eigenvalue weighted by Crippen LogP contribution is 2.55. The van der Waals surface area contributed by atoms with E-state index in [1.165, 1.54) is 11.8 Å². The molecule has 0 aliphatic carbocycles. The van der Waals surface area contributed by atoms with Gasteiger partial charge in [-0.15, -0.1) is 0 Å². The summed E-state index contributed by atoms with van der Waals surface area (Å²) >= 11 is 3.07. The minimum Gasteiger partial charge on any atom is -0.0888 e. The lowest BCUT2D eigenvalue weighted by atomic mass is 9.76. The van der Waals surface area contributed by atoms with Crippen LogP contribution in [0.1, 0.15) is 84.4 Å². The normalized spacial score (nSPS) is 22.8. The monoisotopic (exact) mass is 667 g/mol. The third-order valence-corrected chi connectivity index (χ3v) is 12.7. The van der Waals surface area contributed by atoms with E-state index >= 15 is 0 Å². The molecule has 2 heteroatoms. The Hall–Kier alpha value is -3.98. The van der Waals surface area contributed by atoms with Crippen LogP contribution in [0, 0.1) is 27.6 Å². The number of aryl methyl sites for hydroxylation is 2. The molecular formula is C46H42S2. The van der Waals surface area contributed by atoms with Gasteiger partial charge in [0.1, 0.15) is 0 Å². The summed E-state index contributed by atoms with van der Waals surface area (Å²) in [6.07, 6.45) is 0. The van der Waals surface area contributed by atoms with Crippen molar-refractivity contribution in [3.05, 3.63) is 154 Å². The van der Waals surface area contributed by atoms with Crippen LogP contribution >= 0.6 is 23.5 Å². The number of rotatable bonds is 3. The van der Waals surface area contributed by atoms with E-state index in [-0.39, 0.29) is 5.56 Å². The topological polar surface area (TPSA) is 0 Å². The Morgan fingerprint density at radius 1 is 0.458 bits per heavy atom. The van der Waals surface area contributed by atoms with Gasteiger partial charge in [0.15, 0.2) is 0 Å². The second-order valence-electron chi connectivity index (χ2n) is 13.4. The Balaban J connectivity index is 1.37. The molecule has 48 heavy (non-hydrogen) atoms. The van der Waals surface area contributed by atoms with E-state index in [1.807, 2.05) is 137 Å². The van der Waals surface area contributed by atoms with Crippen LogP contribution in [0.2, 0.25) is 0 Å². The molecule has 6 aromatic carbocycles. The van der Waals surface area contributed by atoms with Crippen molar-refractivity contribution in [1.82, 2.24) is 0 Å². The Morgan fingerprint density at radius 2 is 0.896 bits per heavy atom. The van der Waals surface area contributed by atoms with E-state index < -0.39 is 31.4 Å². The second-order valence-corrected chi connectivity index (χ2v) is 15.5. The van der Waals surface area contributed by atoms with Crippen molar-refractivity contribution in [1.29, 1.82) is 0 Å². The molecule has 6 aromatic rings. The molecule has 2 aliphatic rings. The van der Waals surface area contributed by atoms with Gasteiger partial charge >= 0.3 is 0 Å². The van der Waals surface area contributed by atoms with Crippen molar-refractivity contribution in [2.45, 2.75) is 85.6 Å². The van der Waals surface area contributed by atoms with Crippen LogP contribution in [0.4, 0.5) is 0 Å². The summed E-state index contributed by atoms with van der Waals surface area (Å²) in [7, 11) is 0. The van der Waals surface area contributed by atoms with Gasteiger partial charge in [0.25, 0.3) is 0 Å². The lowest BCUT2D eigenvalue weighted by Gasteiger charge is -2.36. The zero-order chi connectivity index (χ0) is 41.0. The predicted octanol–water partition coefficient (Wildman–Crippen LogP) is 13.5. The average Bonchev–Trinajstić information content (AvgIpc) is 3.14. The SMILES string of the molecule is [2H]C([2H])([2H])c1c(-c2ccc(C)c(-c3cccc4c3Sc3ccccc3C4(C)C([2H])([2H])[2H])c2C)ccc(C)c1-c1cccc2c1Sc1ccccc1C2(C)C([2H])([2H])[2H]. The van der Waals surface area contributed by atoms with Crippen LogP contribution < -0.4 is 0 Å². The third-order valence-electron chi connectivity index (χ3n) is 10.3. The van der Waals surface area contributed by atoms with Gasteiger partial charge in [-0.1, -0.05) is 148 Å². The van der Waals surface area contributed by atoms with Gasteiger partial charge in [0.2, 0.25) is 0 Å². The van der Waals surface area contributed by atoms with Crippen LogP contribution in [0.25, 0.3) is 33.4 Å². The molecule has 0 radical (unpaired) electrons. The molecule has 238 valence electrons. The first kappa shape index (κ1) is 22.6. The van der Waals surface area contributed by atoms with Crippen LogP contribution in [0.3, 0.4) is 0 Å². The number of hydrogen-bond donors (Lipinski definition) is 0. The first-order chi connectivity index (χ1) is 26.7. The predicted molar refractivity (Wildman–Crippen MR) is 207 cm³/mol. The van der Waals surface area contributed by atoms with Crippen molar-refractivity contribution in [2.75, 3.05) is 0 Å². The maximum atomic E-state index is 9.09. The number of hydrogen-bond acceptors (Lipinski definition) is 2. The summed E-state index contributed by atoms with van der Waals surface area (Å²) in [5, 5.41) is 0. The summed E-state index contributed by atoms with van der Waals surface area (Å²) in [5.74, 6) is 0. The fourth-order valence-corrected chi connectivity index (χ4v) is 10.6. The molecular weight excluding hydrogens is 617 g/mol. The van der Waals surface area contributed by atoms with Crippen LogP contribution in [-0.4, -0.2) is 0 Å². The molecule has 0 amide bonds. The van der Waals surface area contributed by atoms with Crippen LogP contribution in [-0.2, 0) is 10.8 Å². The van der Waals surface area contributed by atoms with Crippen LogP contribution in [0.5, 0.6) is 0 Å². The molecule has 0 bridgehead atoms. The molecule has 0 N–H and O–H groups in total. The summed E-state index contributed by atoms with van der Waals surface area (Å²) in [5.41, 5.74) is 7.60. The largest absolute Gasteiger partial charge is 0.0888 e. The number of fused-ring (bicyclic) bond motifs is 4. The van der Waals surface area contributed by atoms with Gasteiger partial charge in [0.05, 0.1) is 0 Å². The van der Waals surface area contributed by atoms with E-state index in [0.29, 0.717) is 22.3 Å². The van der Waals surface area contributed by atoms with Crippen molar-refractivity contribution in [3.63, 3.8) is 0 Å².